The van der Waals surface area contributed by atoms with E-state index in [-0.39, 0.29) is 0 Å². The van der Waals surface area contributed by atoms with E-state index in [9.17, 15) is 0 Å². The first-order valence-corrected chi connectivity index (χ1v) is 4.76. The molecule has 0 aliphatic carbocycles. The number of hydrogen-bond donors (Lipinski definition) is 1. The molecule has 4 heteroatoms. The van der Waals surface area contributed by atoms with Crippen molar-refractivity contribution in [1.29, 1.82) is 0 Å². The fraction of sp³-hybridized carbons (Fsp3) is 0.600. The molecule has 1 aromatic heterocycles. The molecule has 0 bridgehead atoms. The molecule has 14 heavy (non-hydrogen) atoms. The highest BCUT2D eigenvalue weighted by Crippen LogP contribution is 2.13. The average Bonchev–Trinajstić information content (AvgIpc) is 2.18. The zero-order chi connectivity index (χ0) is 10.6. The molecule has 0 amide bonds. The smallest absolute Gasteiger partial charge is 0.218 e. The fourth-order valence-electron chi connectivity index (χ4n) is 0.930. The van der Waals surface area contributed by atoms with Crippen LogP contribution in [0.5, 0.6) is 5.88 Å². The highest BCUT2D eigenvalue weighted by molar-refractivity contribution is 5.37. The number of nitrogens with zero attached hydrogens (tertiary/aromatic N) is 2. The molecule has 0 aliphatic rings. The minimum absolute atomic E-state index is 0.384. The molecule has 1 atom stereocenters. The summed E-state index contributed by atoms with van der Waals surface area (Å²) in [6.45, 7) is 6.45. The van der Waals surface area contributed by atoms with Gasteiger partial charge in [-0.2, -0.15) is 0 Å². The highest BCUT2D eigenvalue weighted by Gasteiger charge is 2.07. The molecule has 1 aromatic rings. The molecular weight excluding hydrogens is 178 g/mol. The van der Waals surface area contributed by atoms with E-state index in [0.29, 0.717) is 17.8 Å². The Balaban J connectivity index is 2.66. The summed E-state index contributed by atoms with van der Waals surface area (Å²) in [5.41, 5.74) is 0. The summed E-state index contributed by atoms with van der Waals surface area (Å²) in [6.07, 6.45) is 1.49. The summed E-state index contributed by atoms with van der Waals surface area (Å²) >= 11 is 0. The fourth-order valence-corrected chi connectivity index (χ4v) is 0.930. The monoisotopic (exact) mass is 195 g/mol. The van der Waals surface area contributed by atoms with Crippen LogP contribution in [0.25, 0.3) is 0 Å². The SMILES string of the molecule is COc1cc(NC(C)C(C)C)ncn1. The van der Waals surface area contributed by atoms with Gasteiger partial charge in [0.25, 0.3) is 0 Å². The van der Waals surface area contributed by atoms with Gasteiger partial charge in [0, 0.05) is 12.1 Å². The van der Waals surface area contributed by atoms with Crippen molar-refractivity contribution < 1.29 is 4.74 Å². The molecule has 0 aromatic carbocycles. The number of nitrogens with one attached hydrogen (secondary N) is 1. The molecule has 78 valence electrons. The lowest BCUT2D eigenvalue weighted by molar-refractivity contribution is 0.397. The van der Waals surface area contributed by atoms with E-state index in [2.05, 4.69) is 36.1 Å². The summed E-state index contributed by atoms with van der Waals surface area (Å²) in [7, 11) is 1.60. The van der Waals surface area contributed by atoms with Gasteiger partial charge in [-0.05, 0) is 12.8 Å². The molecule has 0 saturated heterocycles. The van der Waals surface area contributed by atoms with Crippen molar-refractivity contribution in [1.82, 2.24) is 9.97 Å². The largest absolute Gasteiger partial charge is 0.481 e. The molecule has 4 nitrogen and oxygen atoms in total. The lowest BCUT2D eigenvalue weighted by Crippen LogP contribution is -2.22. The Kier molecular flexibility index (Phi) is 3.68. The summed E-state index contributed by atoms with van der Waals surface area (Å²) in [5, 5.41) is 3.28. The van der Waals surface area contributed by atoms with Crippen LogP contribution < -0.4 is 10.1 Å². The molecule has 1 unspecified atom stereocenters. The topological polar surface area (TPSA) is 47.0 Å². The average molecular weight is 195 g/mol. The standard InChI is InChI=1S/C10H17N3O/c1-7(2)8(3)13-9-5-10(14-4)12-6-11-9/h5-8H,1-4H3,(H,11,12,13). The molecule has 0 spiro atoms. The second-order valence-corrected chi connectivity index (χ2v) is 3.62. The zero-order valence-electron chi connectivity index (χ0n) is 9.11. The summed E-state index contributed by atoms with van der Waals surface area (Å²) in [4.78, 5) is 8.04. The van der Waals surface area contributed by atoms with Crippen molar-refractivity contribution in [2.24, 2.45) is 5.92 Å². The minimum atomic E-state index is 0.384. The maximum atomic E-state index is 5.01. The minimum Gasteiger partial charge on any atom is -0.481 e. The summed E-state index contributed by atoms with van der Waals surface area (Å²) in [6, 6.07) is 2.17. The first kappa shape index (κ1) is 10.8. The summed E-state index contributed by atoms with van der Waals surface area (Å²) in [5.74, 6) is 1.95. The van der Waals surface area contributed by atoms with Crippen LogP contribution in [0.3, 0.4) is 0 Å². The van der Waals surface area contributed by atoms with Gasteiger partial charge in [-0.15, -0.1) is 0 Å². The Hall–Kier alpha value is -1.32. The van der Waals surface area contributed by atoms with Gasteiger partial charge in [0.15, 0.2) is 0 Å². The lowest BCUT2D eigenvalue weighted by atomic mass is 10.1. The van der Waals surface area contributed by atoms with Crippen molar-refractivity contribution >= 4 is 5.82 Å². The molecule has 0 fully saturated rings. The maximum absolute atomic E-state index is 5.01. The van der Waals surface area contributed by atoms with Gasteiger partial charge in [-0.1, -0.05) is 13.8 Å². The lowest BCUT2D eigenvalue weighted by Gasteiger charge is -2.17. The van der Waals surface area contributed by atoms with Crippen LogP contribution in [0.15, 0.2) is 12.4 Å². The molecular formula is C10H17N3O. The number of methoxy groups -OCH3 is 1. The van der Waals surface area contributed by atoms with Gasteiger partial charge >= 0.3 is 0 Å². The van der Waals surface area contributed by atoms with E-state index >= 15 is 0 Å². The van der Waals surface area contributed by atoms with Gasteiger partial charge in [-0.3, -0.25) is 0 Å². The Bertz CT molecular complexity index is 288. The number of ether oxygens (including phenoxy) is 1. The van der Waals surface area contributed by atoms with Crippen molar-refractivity contribution in [3.05, 3.63) is 12.4 Å². The molecule has 1 rings (SSSR count). The first-order chi connectivity index (χ1) is 6.63. The molecule has 0 aliphatic heterocycles. The van der Waals surface area contributed by atoms with Crippen molar-refractivity contribution in [2.75, 3.05) is 12.4 Å². The van der Waals surface area contributed by atoms with Gasteiger partial charge in [0.1, 0.15) is 12.1 Å². The zero-order valence-corrected chi connectivity index (χ0v) is 9.11. The molecule has 0 saturated carbocycles. The van der Waals surface area contributed by atoms with E-state index in [1.54, 1.807) is 13.2 Å². The number of anilines is 1. The predicted molar refractivity (Wildman–Crippen MR) is 56.5 cm³/mol. The highest BCUT2D eigenvalue weighted by atomic mass is 16.5. The van der Waals surface area contributed by atoms with Crippen LogP contribution in [0, 0.1) is 5.92 Å². The normalized spacial score (nSPS) is 12.6. The van der Waals surface area contributed by atoms with Crippen molar-refractivity contribution in [2.45, 2.75) is 26.8 Å². The van der Waals surface area contributed by atoms with Gasteiger partial charge < -0.3 is 10.1 Å². The predicted octanol–water partition coefficient (Wildman–Crippen LogP) is 1.94. The van der Waals surface area contributed by atoms with Gasteiger partial charge in [0.05, 0.1) is 7.11 Å². The Labute approximate surface area is 84.7 Å². The molecule has 1 heterocycles. The number of hydrogen-bond acceptors (Lipinski definition) is 4. The van der Waals surface area contributed by atoms with Crippen LogP contribution in [0.2, 0.25) is 0 Å². The van der Waals surface area contributed by atoms with E-state index in [1.165, 1.54) is 6.33 Å². The Morgan fingerprint density at radius 3 is 2.57 bits per heavy atom. The summed E-state index contributed by atoms with van der Waals surface area (Å²) < 4.78 is 5.01. The number of aromatic nitrogens is 2. The molecule has 0 radical (unpaired) electrons. The third-order valence-corrected chi connectivity index (χ3v) is 2.23. The third kappa shape index (κ3) is 2.87. The van der Waals surface area contributed by atoms with E-state index < -0.39 is 0 Å². The van der Waals surface area contributed by atoms with Crippen molar-refractivity contribution in [3.8, 4) is 5.88 Å². The maximum Gasteiger partial charge on any atom is 0.218 e. The molecule has 1 N–H and O–H groups in total. The van der Waals surface area contributed by atoms with Gasteiger partial charge in [0.2, 0.25) is 5.88 Å². The second kappa shape index (κ2) is 4.79. The number of rotatable bonds is 4. The third-order valence-electron chi connectivity index (χ3n) is 2.23. The Morgan fingerprint density at radius 1 is 1.29 bits per heavy atom. The van der Waals surface area contributed by atoms with E-state index in [0.717, 1.165) is 5.82 Å². The van der Waals surface area contributed by atoms with Crippen LogP contribution in [-0.2, 0) is 0 Å². The van der Waals surface area contributed by atoms with Crippen LogP contribution in [0.4, 0.5) is 5.82 Å². The Morgan fingerprint density at radius 2 is 2.00 bits per heavy atom. The van der Waals surface area contributed by atoms with E-state index in [4.69, 9.17) is 4.74 Å². The second-order valence-electron chi connectivity index (χ2n) is 3.62. The van der Waals surface area contributed by atoms with Crippen molar-refractivity contribution in [3.63, 3.8) is 0 Å². The van der Waals surface area contributed by atoms with Crippen LogP contribution in [-0.4, -0.2) is 23.1 Å². The van der Waals surface area contributed by atoms with Gasteiger partial charge in [-0.25, -0.2) is 9.97 Å². The van der Waals surface area contributed by atoms with Crippen LogP contribution in [0.1, 0.15) is 20.8 Å². The first-order valence-electron chi connectivity index (χ1n) is 4.76. The van der Waals surface area contributed by atoms with E-state index in [1.807, 2.05) is 0 Å². The van der Waals surface area contributed by atoms with Crippen LogP contribution >= 0.6 is 0 Å². The quantitative estimate of drug-likeness (QED) is 0.797.